The Morgan fingerprint density at radius 3 is 2.67 bits per heavy atom. The monoisotopic (exact) mass is 414 g/mol. The Bertz CT molecular complexity index is 974. The van der Waals surface area contributed by atoms with Crippen LogP contribution in [0.5, 0.6) is 11.5 Å². The molecule has 2 aromatic rings. The van der Waals surface area contributed by atoms with Crippen LogP contribution in [-0.2, 0) is 27.2 Å². The molecule has 0 saturated heterocycles. The van der Waals surface area contributed by atoms with Crippen LogP contribution in [0, 0.1) is 10.1 Å². The molecule has 0 radical (unpaired) electrons. The highest BCUT2D eigenvalue weighted by atomic mass is 16.6. The molecule has 3 rings (SSSR count). The van der Waals surface area contributed by atoms with E-state index >= 15 is 0 Å². The average molecular weight is 414 g/mol. The topological polar surface area (TPSA) is 117 Å². The summed E-state index contributed by atoms with van der Waals surface area (Å²) in [4.78, 5) is 34.6. The van der Waals surface area contributed by atoms with Crippen molar-refractivity contribution in [1.29, 1.82) is 0 Å². The summed E-state index contributed by atoms with van der Waals surface area (Å²) in [5.41, 5.74) is 2.58. The molecule has 0 unspecified atom stereocenters. The molecule has 0 aliphatic heterocycles. The number of benzene rings is 2. The predicted octanol–water partition coefficient (Wildman–Crippen LogP) is 3.04. The van der Waals surface area contributed by atoms with Crippen molar-refractivity contribution in [2.45, 2.75) is 32.3 Å². The van der Waals surface area contributed by atoms with Crippen LogP contribution < -0.4 is 14.8 Å². The van der Waals surface area contributed by atoms with Crippen LogP contribution in [0.25, 0.3) is 0 Å². The van der Waals surface area contributed by atoms with E-state index in [9.17, 15) is 19.7 Å². The predicted molar refractivity (Wildman–Crippen MR) is 108 cm³/mol. The minimum Gasteiger partial charge on any atom is -0.494 e. The van der Waals surface area contributed by atoms with Crippen molar-refractivity contribution in [3.05, 3.63) is 57.6 Å². The molecular weight excluding hydrogens is 392 g/mol. The first-order valence-electron chi connectivity index (χ1n) is 9.44. The molecule has 1 amide bonds. The molecule has 9 nitrogen and oxygen atoms in total. The fourth-order valence-corrected chi connectivity index (χ4v) is 3.20. The van der Waals surface area contributed by atoms with Crippen LogP contribution in [0.1, 0.15) is 24.5 Å². The summed E-state index contributed by atoms with van der Waals surface area (Å²) in [6.45, 7) is 1.09. The Labute approximate surface area is 173 Å². The Morgan fingerprint density at radius 2 is 1.93 bits per heavy atom. The molecule has 0 spiro atoms. The fourth-order valence-electron chi connectivity index (χ4n) is 3.20. The molecule has 1 aliphatic carbocycles. The minimum atomic E-state index is -1.10. The summed E-state index contributed by atoms with van der Waals surface area (Å²) in [7, 11) is 1.33. The van der Waals surface area contributed by atoms with Crippen LogP contribution in [0.15, 0.2) is 36.4 Å². The third kappa shape index (κ3) is 5.05. The second kappa shape index (κ2) is 9.25. The highest BCUT2D eigenvalue weighted by molar-refractivity contribution is 5.96. The van der Waals surface area contributed by atoms with Gasteiger partial charge in [0, 0.05) is 6.07 Å². The Balaban J connectivity index is 1.52. The van der Waals surface area contributed by atoms with E-state index in [0.717, 1.165) is 19.3 Å². The maximum absolute atomic E-state index is 12.3. The number of nitro groups is 1. The van der Waals surface area contributed by atoms with E-state index in [1.807, 2.05) is 18.2 Å². The first-order chi connectivity index (χ1) is 14.4. The van der Waals surface area contributed by atoms with Gasteiger partial charge < -0.3 is 19.5 Å². The van der Waals surface area contributed by atoms with Gasteiger partial charge in [0.1, 0.15) is 11.5 Å². The SMILES string of the molecule is COc1cc([N+](=O)[O-])ccc1NC(=O)[C@@H](C)OC(=O)COc1ccc2c(c1)CCC2. The molecule has 1 N–H and O–H groups in total. The third-order valence-corrected chi connectivity index (χ3v) is 4.76. The molecule has 0 saturated carbocycles. The summed E-state index contributed by atoms with van der Waals surface area (Å²) in [5.74, 6) is -0.585. The number of nitrogens with one attached hydrogen (secondary N) is 1. The molecular formula is C21H22N2O7. The van der Waals surface area contributed by atoms with Crippen molar-refractivity contribution in [2.24, 2.45) is 0 Å². The smallest absolute Gasteiger partial charge is 0.344 e. The van der Waals surface area contributed by atoms with Crippen LogP contribution in [0.3, 0.4) is 0 Å². The van der Waals surface area contributed by atoms with Gasteiger partial charge >= 0.3 is 5.97 Å². The van der Waals surface area contributed by atoms with E-state index in [4.69, 9.17) is 14.2 Å². The molecule has 158 valence electrons. The lowest BCUT2D eigenvalue weighted by Gasteiger charge is -2.15. The number of anilines is 1. The molecule has 0 bridgehead atoms. The minimum absolute atomic E-state index is 0.121. The maximum Gasteiger partial charge on any atom is 0.344 e. The van der Waals surface area contributed by atoms with Crippen LogP contribution in [0.2, 0.25) is 0 Å². The summed E-state index contributed by atoms with van der Waals surface area (Å²) >= 11 is 0. The number of hydrogen-bond donors (Lipinski definition) is 1. The number of methoxy groups -OCH3 is 1. The average Bonchev–Trinajstić information content (AvgIpc) is 3.20. The van der Waals surface area contributed by atoms with Gasteiger partial charge in [0.25, 0.3) is 11.6 Å². The van der Waals surface area contributed by atoms with Gasteiger partial charge in [-0.3, -0.25) is 14.9 Å². The van der Waals surface area contributed by atoms with E-state index in [-0.39, 0.29) is 23.7 Å². The summed E-state index contributed by atoms with van der Waals surface area (Å²) < 4.78 is 15.7. The zero-order valence-corrected chi connectivity index (χ0v) is 16.7. The third-order valence-electron chi connectivity index (χ3n) is 4.76. The van der Waals surface area contributed by atoms with Gasteiger partial charge in [-0.15, -0.1) is 0 Å². The molecule has 1 atom stereocenters. The molecule has 0 heterocycles. The van der Waals surface area contributed by atoms with Crippen molar-refractivity contribution in [3.8, 4) is 11.5 Å². The molecule has 0 aromatic heterocycles. The standard InChI is InChI=1S/C21H22N2O7/c1-13(21(25)22-18-9-7-16(23(26)27)11-19(18)28-2)30-20(24)12-29-17-8-6-14-4-3-5-15(14)10-17/h6-11,13H,3-5,12H2,1-2H3,(H,22,25)/t13-/m1/s1. The lowest BCUT2D eigenvalue weighted by molar-refractivity contribution is -0.384. The Morgan fingerprint density at radius 1 is 1.17 bits per heavy atom. The maximum atomic E-state index is 12.3. The lowest BCUT2D eigenvalue weighted by Crippen LogP contribution is -2.31. The number of hydrogen-bond acceptors (Lipinski definition) is 7. The number of fused-ring (bicyclic) bond motifs is 1. The first-order valence-corrected chi connectivity index (χ1v) is 9.44. The number of aryl methyl sites for hydroxylation is 2. The quantitative estimate of drug-likeness (QED) is 0.401. The second-order valence-electron chi connectivity index (χ2n) is 6.84. The number of non-ortho nitro benzene ring substituents is 1. The number of esters is 1. The van der Waals surface area contributed by atoms with Crippen molar-refractivity contribution < 1.29 is 28.7 Å². The number of carbonyl (C=O) groups excluding carboxylic acids is 2. The van der Waals surface area contributed by atoms with E-state index in [0.29, 0.717) is 5.75 Å². The van der Waals surface area contributed by atoms with Crippen LogP contribution in [0.4, 0.5) is 11.4 Å². The Hall–Kier alpha value is -3.62. The van der Waals surface area contributed by atoms with Gasteiger partial charge in [-0.2, -0.15) is 0 Å². The zero-order chi connectivity index (χ0) is 21.7. The highest BCUT2D eigenvalue weighted by Crippen LogP contribution is 2.29. The number of carbonyl (C=O) groups is 2. The lowest BCUT2D eigenvalue weighted by atomic mass is 10.1. The molecule has 2 aromatic carbocycles. The number of ether oxygens (including phenoxy) is 3. The number of nitrogens with zero attached hydrogens (tertiary/aromatic N) is 1. The fraction of sp³-hybridized carbons (Fsp3) is 0.333. The zero-order valence-electron chi connectivity index (χ0n) is 16.7. The van der Waals surface area contributed by atoms with Gasteiger partial charge in [0.15, 0.2) is 12.7 Å². The molecule has 0 fully saturated rings. The molecule has 9 heteroatoms. The summed E-state index contributed by atoms with van der Waals surface area (Å²) in [6.07, 6.45) is 2.08. The largest absolute Gasteiger partial charge is 0.494 e. The van der Waals surface area contributed by atoms with Gasteiger partial charge in [-0.05, 0) is 55.5 Å². The highest BCUT2D eigenvalue weighted by Gasteiger charge is 2.21. The normalized spacial score (nSPS) is 13.1. The van der Waals surface area contributed by atoms with Gasteiger partial charge in [-0.25, -0.2) is 4.79 Å². The number of rotatable bonds is 8. The van der Waals surface area contributed by atoms with E-state index in [1.165, 1.54) is 43.4 Å². The Kier molecular flexibility index (Phi) is 6.51. The summed E-state index contributed by atoms with van der Waals surface area (Å²) in [5, 5.41) is 13.4. The van der Waals surface area contributed by atoms with Crippen molar-refractivity contribution in [3.63, 3.8) is 0 Å². The van der Waals surface area contributed by atoms with Crippen molar-refractivity contribution in [2.75, 3.05) is 19.0 Å². The van der Waals surface area contributed by atoms with E-state index in [1.54, 1.807) is 0 Å². The molecule has 1 aliphatic rings. The number of amides is 1. The van der Waals surface area contributed by atoms with Crippen molar-refractivity contribution >= 4 is 23.3 Å². The van der Waals surface area contributed by atoms with Crippen molar-refractivity contribution in [1.82, 2.24) is 0 Å². The van der Waals surface area contributed by atoms with E-state index in [2.05, 4.69) is 5.32 Å². The first kappa shape index (κ1) is 21.1. The van der Waals surface area contributed by atoms with Crippen LogP contribution >= 0.6 is 0 Å². The van der Waals surface area contributed by atoms with Gasteiger partial charge in [0.2, 0.25) is 0 Å². The van der Waals surface area contributed by atoms with Gasteiger partial charge in [-0.1, -0.05) is 6.07 Å². The van der Waals surface area contributed by atoms with Gasteiger partial charge in [0.05, 0.1) is 23.8 Å². The van der Waals surface area contributed by atoms with Crippen LogP contribution in [-0.4, -0.2) is 36.6 Å². The summed E-state index contributed by atoms with van der Waals surface area (Å²) in [6, 6.07) is 9.51. The molecule has 30 heavy (non-hydrogen) atoms. The number of nitro benzene ring substituents is 1. The van der Waals surface area contributed by atoms with E-state index < -0.39 is 22.9 Å². The second-order valence-corrected chi connectivity index (χ2v) is 6.84.